The van der Waals surface area contributed by atoms with Crippen molar-refractivity contribution in [2.75, 3.05) is 19.9 Å². The second-order valence-corrected chi connectivity index (χ2v) is 5.07. The zero-order chi connectivity index (χ0) is 10.7. The molecule has 1 aliphatic carbocycles. The van der Waals surface area contributed by atoms with E-state index in [0.29, 0.717) is 6.04 Å². The van der Waals surface area contributed by atoms with Gasteiger partial charge in [0.25, 0.3) is 0 Å². The molecular weight excluding hydrogens is 206 g/mol. The summed E-state index contributed by atoms with van der Waals surface area (Å²) in [5, 5.41) is 4.34. The highest BCUT2D eigenvalue weighted by atomic mass is 32.1. The van der Waals surface area contributed by atoms with Crippen LogP contribution in [-0.2, 0) is 0 Å². The van der Waals surface area contributed by atoms with E-state index in [-0.39, 0.29) is 0 Å². The fourth-order valence-electron chi connectivity index (χ4n) is 2.60. The van der Waals surface area contributed by atoms with Gasteiger partial charge in [-0.2, -0.15) is 0 Å². The van der Waals surface area contributed by atoms with Crippen molar-refractivity contribution in [2.45, 2.75) is 45.1 Å². The van der Waals surface area contributed by atoms with Gasteiger partial charge >= 0.3 is 0 Å². The minimum Gasteiger partial charge on any atom is -0.316 e. The van der Waals surface area contributed by atoms with Gasteiger partial charge in [-0.05, 0) is 32.0 Å². The Hall–Kier alpha value is -0.350. The van der Waals surface area contributed by atoms with Crippen LogP contribution in [-0.4, -0.2) is 35.9 Å². The molecule has 1 heterocycles. The molecule has 3 nitrogen and oxygen atoms in total. The lowest BCUT2D eigenvalue weighted by Crippen LogP contribution is -3.17. The smallest absolute Gasteiger partial charge is 0.177 e. The molecular formula is C11H22N3S+. The second kappa shape index (κ2) is 5.12. The fraction of sp³-hybridized carbons (Fsp3) is 0.909. The van der Waals surface area contributed by atoms with Crippen molar-refractivity contribution in [1.29, 1.82) is 0 Å². The molecule has 2 fully saturated rings. The van der Waals surface area contributed by atoms with Gasteiger partial charge in [0.05, 0.1) is 6.54 Å². The van der Waals surface area contributed by atoms with Crippen LogP contribution in [0.4, 0.5) is 0 Å². The van der Waals surface area contributed by atoms with E-state index in [1.54, 1.807) is 4.90 Å². The lowest BCUT2D eigenvalue weighted by molar-refractivity contribution is -0.912. The first-order valence-corrected chi connectivity index (χ1v) is 6.60. The lowest BCUT2D eigenvalue weighted by Gasteiger charge is -2.41. The molecule has 0 spiro atoms. The van der Waals surface area contributed by atoms with Gasteiger partial charge in [-0.15, -0.1) is 0 Å². The molecule has 0 aromatic heterocycles. The van der Waals surface area contributed by atoms with Gasteiger partial charge in [-0.3, -0.25) is 4.90 Å². The summed E-state index contributed by atoms with van der Waals surface area (Å²) < 4.78 is 0. The zero-order valence-electron chi connectivity index (χ0n) is 9.59. The first kappa shape index (κ1) is 11.1. The molecule has 0 aromatic carbocycles. The molecule has 1 aliphatic heterocycles. The molecule has 1 atom stereocenters. The van der Waals surface area contributed by atoms with Crippen LogP contribution in [0.3, 0.4) is 0 Å². The average Bonchev–Trinajstić information content (AvgIpc) is 2.31. The van der Waals surface area contributed by atoms with Gasteiger partial charge in [0.2, 0.25) is 0 Å². The second-order valence-electron chi connectivity index (χ2n) is 4.68. The molecule has 0 amide bonds. The fourth-order valence-corrected chi connectivity index (χ4v) is 2.88. The number of rotatable bonds is 2. The van der Waals surface area contributed by atoms with Crippen LogP contribution in [0, 0.1) is 0 Å². The Kier molecular flexibility index (Phi) is 3.81. The summed E-state index contributed by atoms with van der Waals surface area (Å²) in [5.41, 5.74) is 0. The summed E-state index contributed by atoms with van der Waals surface area (Å²) in [7, 11) is 0. The zero-order valence-corrected chi connectivity index (χ0v) is 10.4. The molecule has 15 heavy (non-hydrogen) atoms. The summed E-state index contributed by atoms with van der Waals surface area (Å²) in [6.07, 6.45) is 6.84. The maximum atomic E-state index is 5.41. The van der Waals surface area contributed by atoms with Crippen LogP contribution in [0.5, 0.6) is 0 Å². The summed E-state index contributed by atoms with van der Waals surface area (Å²) in [6.45, 7) is 5.52. The standard InChI is InChI=1S/C11H21N3S/c1-2-13-8-12-11(15)14(9-13)10-6-4-3-5-7-10/h10H,2-9H2,1H3,(H,12,15)/p+1. The highest BCUT2D eigenvalue weighted by molar-refractivity contribution is 7.80. The van der Waals surface area contributed by atoms with Crippen LogP contribution < -0.4 is 10.2 Å². The number of nitrogens with one attached hydrogen (secondary N) is 2. The average molecular weight is 228 g/mol. The third-order valence-electron chi connectivity index (χ3n) is 3.66. The van der Waals surface area contributed by atoms with Crippen LogP contribution in [0.15, 0.2) is 0 Å². The summed E-state index contributed by atoms with van der Waals surface area (Å²) in [4.78, 5) is 4.02. The van der Waals surface area contributed by atoms with Crippen LogP contribution in [0.2, 0.25) is 0 Å². The number of nitrogens with zero attached hydrogens (tertiary/aromatic N) is 1. The van der Waals surface area contributed by atoms with Gasteiger partial charge in [0.1, 0.15) is 0 Å². The van der Waals surface area contributed by atoms with Crippen molar-refractivity contribution in [3.63, 3.8) is 0 Å². The highest BCUT2D eigenvalue weighted by Crippen LogP contribution is 2.22. The summed E-state index contributed by atoms with van der Waals surface area (Å²) in [6, 6.07) is 0.709. The predicted molar refractivity (Wildman–Crippen MR) is 65.7 cm³/mol. The Bertz CT molecular complexity index is 226. The Morgan fingerprint density at radius 3 is 2.80 bits per heavy atom. The van der Waals surface area contributed by atoms with E-state index < -0.39 is 0 Å². The van der Waals surface area contributed by atoms with Gasteiger partial charge in [-0.25, -0.2) is 0 Å². The Morgan fingerprint density at radius 1 is 1.40 bits per heavy atom. The monoisotopic (exact) mass is 228 g/mol. The van der Waals surface area contributed by atoms with E-state index in [2.05, 4.69) is 17.1 Å². The molecule has 0 radical (unpaired) electrons. The lowest BCUT2D eigenvalue weighted by atomic mass is 9.94. The number of thiocarbonyl (C=S) groups is 1. The van der Waals surface area contributed by atoms with E-state index in [9.17, 15) is 0 Å². The quantitative estimate of drug-likeness (QED) is 0.665. The maximum Gasteiger partial charge on any atom is 0.177 e. The molecule has 1 unspecified atom stereocenters. The molecule has 2 rings (SSSR count). The topological polar surface area (TPSA) is 19.7 Å². The first-order chi connectivity index (χ1) is 7.31. The Labute approximate surface area is 97.8 Å². The minimum atomic E-state index is 0.709. The summed E-state index contributed by atoms with van der Waals surface area (Å²) >= 11 is 5.41. The predicted octanol–water partition coefficient (Wildman–Crippen LogP) is 0.329. The molecule has 1 saturated carbocycles. The van der Waals surface area contributed by atoms with E-state index in [1.165, 1.54) is 38.6 Å². The van der Waals surface area contributed by atoms with Crippen molar-refractivity contribution < 1.29 is 4.90 Å². The first-order valence-electron chi connectivity index (χ1n) is 6.19. The van der Waals surface area contributed by atoms with Crippen molar-refractivity contribution >= 4 is 17.3 Å². The molecule has 0 bridgehead atoms. The van der Waals surface area contributed by atoms with E-state index in [1.807, 2.05) is 0 Å². The third-order valence-corrected chi connectivity index (χ3v) is 4.04. The number of quaternary nitrogens is 1. The van der Waals surface area contributed by atoms with Gasteiger partial charge in [0.15, 0.2) is 18.4 Å². The highest BCUT2D eigenvalue weighted by Gasteiger charge is 2.29. The molecule has 0 aromatic rings. The Morgan fingerprint density at radius 2 is 2.13 bits per heavy atom. The van der Waals surface area contributed by atoms with E-state index >= 15 is 0 Å². The van der Waals surface area contributed by atoms with Crippen LogP contribution in [0.25, 0.3) is 0 Å². The van der Waals surface area contributed by atoms with Gasteiger partial charge < -0.3 is 10.2 Å². The minimum absolute atomic E-state index is 0.709. The SMILES string of the molecule is CC[NH+]1CNC(=S)N(C2CCCCC2)C1. The molecule has 4 heteroatoms. The number of hydrogen-bond donors (Lipinski definition) is 2. The van der Waals surface area contributed by atoms with Gasteiger partial charge in [-0.1, -0.05) is 19.3 Å². The van der Waals surface area contributed by atoms with Crippen molar-refractivity contribution in [3.8, 4) is 0 Å². The third kappa shape index (κ3) is 2.61. The van der Waals surface area contributed by atoms with Crippen molar-refractivity contribution in [3.05, 3.63) is 0 Å². The van der Waals surface area contributed by atoms with Gasteiger partial charge in [0, 0.05) is 6.04 Å². The normalized spacial score (nSPS) is 29.0. The van der Waals surface area contributed by atoms with E-state index in [4.69, 9.17) is 12.2 Å². The van der Waals surface area contributed by atoms with Crippen LogP contribution in [0.1, 0.15) is 39.0 Å². The molecule has 2 aliphatic rings. The Balaban J connectivity index is 1.95. The number of hydrogen-bond acceptors (Lipinski definition) is 1. The summed E-state index contributed by atoms with van der Waals surface area (Å²) in [5.74, 6) is 0. The van der Waals surface area contributed by atoms with Crippen LogP contribution >= 0.6 is 12.2 Å². The largest absolute Gasteiger partial charge is 0.316 e. The molecule has 1 saturated heterocycles. The van der Waals surface area contributed by atoms with Crippen molar-refractivity contribution in [1.82, 2.24) is 10.2 Å². The molecule has 86 valence electrons. The maximum absolute atomic E-state index is 5.41. The van der Waals surface area contributed by atoms with Crippen molar-refractivity contribution in [2.24, 2.45) is 0 Å². The molecule has 2 N–H and O–H groups in total. The van der Waals surface area contributed by atoms with E-state index in [0.717, 1.165) is 18.4 Å².